The number of rotatable bonds is 6. The van der Waals surface area contributed by atoms with Crippen molar-refractivity contribution in [2.75, 3.05) is 11.9 Å². The van der Waals surface area contributed by atoms with Gasteiger partial charge in [-0.25, -0.2) is 14.8 Å². The summed E-state index contributed by atoms with van der Waals surface area (Å²) in [6.45, 7) is 2.12. The van der Waals surface area contributed by atoms with Crippen molar-refractivity contribution in [3.8, 4) is 0 Å². The molecular weight excluding hydrogens is 296 g/mol. The molecule has 0 saturated carbocycles. The smallest absolute Gasteiger partial charge is 0.355 e. The molecule has 0 aliphatic carbocycles. The highest BCUT2D eigenvalue weighted by molar-refractivity contribution is 7.09. The van der Waals surface area contributed by atoms with Crippen LogP contribution in [0.1, 0.15) is 21.2 Å². The Bertz CT molecular complexity index is 686. The predicted octanol–water partition coefficient (Wildman–Crippen LogP) is 2.11. The van der Waals surface area contributed by atoms with Crippen LogP contribution in [0.5, 0.6) is 0 Å². The van der Waals surface area contributed by atoms with Gasteiger partial charge in [0.1, 0.15) is 0 Å². The number of carboxylic acid groups (broad SMARTS) is 1. The van der Waals surface area contributed by atoms with Crippen molar-refractivity contribution in [1.29, 1.82) is 0 Å². The van der Waals surface area contributed by atoms with Gasteiger partial charge in [0.05, 0.1) is 9.93 Å². The van der Waals surface area contributed by atoms with Gasteiger partial charge in [-0.2, -0.15) is 0 Å². The van der Waals surface area contributed by atoms with Crippen LogP contribution in [-0.2, 0) is 6.42 Å². The average Bonchev–Trinajstić information content (AvgIpc) is 2.87. The molecule has 9 heteroatoms. The number of hydrogen-bond acceptors (Lipinski definition) is 7. The Morgan fingerprint density at radius 2 is 2.24 bits per heavy atom. The fourth-order valence-corrected chi connectivity index (χ4v) is 2.41. The molecule has 21 heavy (non-hydrogen) atoms. The maximum atomic E-state index is 10.9. The molecule has 0 amide bonds. The summed E-state index contributed by atoms with van der Waals surface area (Å²) in [6, 6.07) is 2.97. The number of thiazole rings is 1. The molecule has 2 rings (SSSR count). The molecule has 0 aliphatic rings. The topological polar surface area (TPSA) is 118 Å². The summed E-state index contributed by atoms with van der Waals surface area (Å²) in [4.78, 5) is 29.1. The van der Waals surface area contributed by atoms with Gasteiger partial charge in [0, 0.05) is 30.1 Å². The number of carbonyl (C=O) groups is 1. The number of nitrogens with one attached hydrogen (secondary N) is 1. The molecule has 0 atom stereocenters. The maximum Gasteiger partial charge on any atom is 0.355 e. The molecule has 0 fully saturated rings. The molecule has 2 aromatic heterocycles. The molecular formula is C12H12N4O4S. The Morgan fingerprint density at radius 3 is 2.86 bits per heavy atom. The maximum absolute atomic E-state index is 10.9. The van der Waals surface area contributed by atoms with Crippen molar-refractivity contribution >= 4 is 28.8 Å². The number of nitro groups is 1. The van der Waals surface area contributed by atoms with Gasteiger partial charge in [0.15, 0.2) is 5.69 Å². The highest BCUT2D eigenvalue weighted by Crippen LogP contribution is 2.22. The number of pyridine rings is 1. The van der Waals surface area contributed by atoms with E-state index >= 15 is 0 Å². The van der Waals surface area contributed by atoms with Crippen LogP contribution in [0.15, 0.2) is 17.5 Å². The lowest BCUT2D eigenvalue weighted by atomic mass is 10.3. The molecule has 0 saturated heterocycles. The minimum atomic E-state index is -1.07. The van der Waals surface area contributed by atoms with E-state index in [1.165, 1.54) is 22.8 Å². The van der Waals surface area contributed by atoms with Crippen LogP contribution in [0, 0.1) is 17.0 Å². The second-order valence-electron chi connectivity index (χ2n) is 4.19. The van der Waals surface area contributed by atoms with Gasteiger partial charge in [-0.05, 0) is 13.0 Å². The standard InChI is InChI=1S/C12H12N4O4S/c1-7-2-3-9(16(19)20)11(14-7)13-5-4-10-15-8(6-21-10)12(17)18/h2-3,6H,4-5H2,1H3,(H,13,14)(H,17,18). The molecule has 0 bridgehead atoms. The van der Waals surface area contributed by atoms with Crippen LogP contribution < -0.4 is 5.32 Å². The molecule has 110 valence electrons. The molecule has 2 heterocycles. The summed E-state index contributed by atoms with van der Waals surface area (Å²) in [5.74, 6) is -0.864. The summed E-state index contributed by atoms with van der Waals surface area (Å²) in [7, 11) is 0. The first kappa shape index (κ1) is 14.9. The third-order valence-electron chi connectivity index (χ3n) is 2.61. The van der Waals surface area contributed by atoms with Crippen molar-refractivity contribution in [2.45, 2.75) is 13.3 Å². The number of aryl methyl sites for hydroxylation is 1. The zero-order valence-corrected chi connectivity index (χ0v) is 11.9. The summed E-state index contributed by atoms with van der Waals surface area (Å²) in [5.41, 5.74) is 0.589. The molecule has 0 spiro atoms. The van der Waals surface area contributed by atoms with Gasteiger partial charge in [0.25, 0.3) is 0 Å². The van der Waals surface area contributed by atoms with E-state index in [1.807, 2.05) is 0 Å². The van der Waals surface area contributed by atoms with Crippen molar-refractivity contribution in [2.24, 2.45) is 0 Å². The fraction of sp³-hybridized carbons (Fsp3) is 0.250. The number of aromatic nitrogens is 2. The Morgan fingerprint density at radius 1 is 1.48 bits per heavy atom. The summed E-state index contributed by atoms with van der Waals surface area (Å²) in [6.07, 6.45) is 0.463. The van der Waals surface area contributed by atoms with Crippen LogP contribution in [0.25, 0.3) is 0 Å². The van der Waals surface area contributed by atoms with E-state index in [2.05, 4.69) is 15.3 Å². The molecule has 0 unspecified atom stereocenters. The minimum Gasteiger partial charge on any atom is -0.476 e. The third kappa shape index (κ3) is 3.72. The lowest BCUT2D eigenvalue weighted by Crippen LogP contribution is -2.09. The van der Waals surface area contributed by atoms with Gasteiger partial charge < -0.3 is 10.4 Å². The Balaban J connectivity index is 2.01. The van der Waals surface area contributed by atoms with E-state index < -0.39 is 10.9 Å². The van der Waals surface area contributed by atoms with Gasteiger partial charge in [0.2, 0.25) is 5.82 Å². The van der Waals surface area contributed by atoms with Crippen LogP contribution in [0.4, 0.5) is 11.5 Å². The second-order valence-corrected chi connectivity index (χ2v) is 5.13. The van der Waals surface area contributed by atoms with Crippen LogP contribution in [-0.4, -0.2) is 32.5 Å². The first-order chi connectivity index (χ1) is 9.97. The Hall–Kier alpha value is -2.55. The quantitative estimate of drug-likeness (QED) is 0.619. The van der Waals surface area contributed by atoms with E-state index in [1.54, 1.807) is 13.0 Å². The number of carboxylic acids is 1. The first-order valence-corrected chi connectivity index (χ1v) is 6.89. The Kier molecular flexibility index (Phi) is 4.43. The van der Waals surface area contributed by atoms with Gasteiger partial charge in [-0.15, -0.1) is 11.3 Å². The van der Waals surface area contributed by atoms with Crippen molar-refractivity contribution < 1.29 is 14.8 Å². The third-order valence-corrected chi connectivity index (χ3v) is 3.52. The monoisotopic (exact) mass is 308 g/mol. The number of anilines is 1. The highest BCUT2D eigenvalue weighted by Gasteiger charge is 2.15. The predicted molar refractivity (Wildman–Crippen MR) is 76.9 cm³/mol. The summed E-state index contributed by atoms with van der Waals surface area (Å²) < 4.78 is 0. The number of hydrogen-bond donors (Lipinski definition) is 2. The van der Waals surface area contributed by atoms with Crippen molar-refractivity contribution in [1.82, 2.24) is 9.97 Å². The fourth-order valence-electron chi connectivity index (χ4n) is 1.64. The average molecular weight is 308 g/mol. The molecule has 8 nitrogen and oxygen atoms in total. The molecule has 0 aliphatic heterocycles. The first-order valence-electron chi connectivity index (χ1n) is 6.01. The lowest BCUT2D eigenvalue weighted by Gasteiger charge is -2.05. The highest BCUT2D eigenvalue weighted by atomic mass is 32.1. The molecule has 0 radical (unpaired) electrons. The Labute approximate surface area is 123 Å². The lowest BCUT2D eigenvalue weighted by molar-refractivity contribution is -0.384. The summed E-state index contributed by atoms with van der Waals surface area (Å²) in [5, 5.41) is 24.7. The van der Waals surface area contributed by atoms with Gasteiger partial charge in [-0.3, -0.25) is 10.1 Å². The van der Waals surface area contributed by atoms with Crippen molar-refractivity contribution in [3.05, 3.63) is 44.0 Å². The zero-order chi connectivity index (χ0) is 15.4. The molecule has 2 N–H and O–H groups in total. The van der Waals surface area contributed by atoms with Crippen LogP contribution in [0.3, 0.4) is 0 Å². The van der Waals surface area contributed by atoms with Crippen molar-refractivity contribution in [3.63, 3.8) is 0 Å². The van der Waals surface area contributed by atoms with E-state index in [4.69, 9.17) is 5.11 Å². The van der Waals surface area contributed by atoms with E-state index in [0.717, 1.165) is 0 Å². The van der Waals surface area contributed by atoms with E-state index in [0.29, 0.717) is 23.7 Å². The van der Waals surface area contributed by atoms with Crippen LogP contribution in [0.2, 0.25) is 0 Å². The zero-order valence-electron chi connectivity index (χ0n) is 11.1. The minimum absolute atomic E-state index is 0.00895. The van der Waals surface area contributed by atoms with Gasteiger partial charge in [-0.1, -0.05) is 0 Å². The number of nitrogens with zero attached hydrogens (tertiary/aromatic N) is 3. The largest absolute Gasteiger partial charge is 0.476 e. The van der Waals surface area contributed by atoms with Crippen LogP contribution >= 0.6 is 11.3 Å². The van der Waals surface area contributed by atoms with E-state index in [-0.39, 0.29) is 17.2 Å². The molecule has 2 aromatic rings. The van der Waals surface area contributed by atoms with E-state index in [9.17, 15) is 14.9 Å². The molecule has 0 aromatic carbocycles. The van der Waals surface area contributed by atoms with Gasteiger partial charge >= 0.3 is 11.7 Å². The number of aromatic carboxylic acids is 1. The summed E-state index contributed by atoms with van der Waals surface area (Å²) >= 11 is 1.24. The SMILES string of the molecule is Cc1ccc([N+](=O)[O-])c(NCCc2nc(C(=O)O)cs2)n1. The second kappa shape index (κ2) is 6.27. The normalized spacial score (nSPS) is 10.3.